The summed E-state index contributed by atoms with van der Waals surface area (Å²) in [6.07, 6.45) is 0. The number of nitrogens with zero attached hydrogens (tertiary/aromatic N) is 1. The van der Waals surface area contributed by atoms with Crippen LogP contribution in [0.25, 0.3) is 0 Å². The van der Waals surface area contributed by atoms with Crippen LogP contribution in [0.3, 0.4) is 0 Å². The largest absolute Gasteiger partial charge is 0.496 e. The van der Waals surface area contributed by atoms with E-state index < -0.39 is 23.4 Å². The van der Waals surface area contributed by atoms with Gasteiger partial charge in [-0.15, -0.1) is 0 Å². The van der Waals surface area contributed by atoms with Gasteiger partial charge in [-0.1, -0.05) is 0 Å². The fraction of sp³-hybridized carbons (Fsp3) is 0.263. The smallest absolute Gasteiger partial charge is 0.338 e. The van der Waals surface area contributed by atoms with E-state index in [0.717, 1.165) is 0 Å². The van der Waals surface area contributed by atoms with E-state index in [1.54, 1.807) is 12.1 Å². The van der Waals surface area contributed by atoms with Crippen molar-refractivity contribution in [2.75, 3.05) is 25.6 Å². The lowest BCUT2D eigenvalue weighted by atomic mass is 10.1. The highest BCUT2D eigenvalue weighted by Crippen LogP contribution is 2.21. The Hall–Kier alpha value is -3.46. The van der Waals surface area contributed by atoms with Crippen molar-refractivity contribution in [3.05, 3.63) is 63.7 Å². The van der Waals surface area contributed by atoms with Crippen LogP contribution in [0.1, 0.15) is 22.8 Å². The van der Waals surface area contributed by atoms with Gasteiger partial charge in [0, 0.05) is 30.0 Å². The molecule has 148 valence electrons. The highest BCUT2D eigenvalue weighted by molar-refractivity contribution is 5.95. The maximum absolute atomic E-state index is 12.2. The zero-order chi connectivity index (χ0) is 20.5. The van der Waals surface area contributed by atoms with Crippen LogP contribution in [-0.4, -0.2) is 37.1 Å². The van der Waals surface area contributed by atoms with Gasteiger partial charge in [0.25, 0.3) is 11.6 Å². The highest BCUT2D eigenvalue weighted by atomic mass is 16.6. The summed E-state index contributed by atoms with van der Waals surface area (Å²) in [5, 5.41) is 13.1. The third-order valence-corrected chi connectivity index (χ3v) is 3.67. The zero-order valence-electron chi connectivity index (χ0n) is 15.5. The molecule has 0 atom stereocenters. The molecule has 0 radical (unpaired) electrons. The predicted molar refractivity (Wildman–Crippen MR) is 100 cm³/mol. The molecule has 2 rings (SSSR count). The SMILES string of the molecule is CCOCc1cc(C(=O)OCC(=O)Nc2ccc([N+](=O)[O-])cc2)ccc1OC. The molecule has 0 aliphatic carbocycles. The molecule has 0 aliphatic rings. The van der Waals surface area contributed by atoms with Crippen LogP contribution >= 0.6 is 0 Å². The van der Waals surface area contributed by atoms with E-state index >= 15 is 0 Å². The van der Waals surface area contributed by atoms with Gasteiger partial charge in [0.1, 0.15) is 5.75 Å². The van der Waals surface area contributed by atoms with Gasteiger partial charge in [0.05, 0.1) is 24.2 Å². The molecule has 2 aromatic carbocycles. The molecule has 9 nitrogen and oxygen atoms in total. The molecular weight excluding hydrogens is 368 g/mol. The number of nitro benzene ring substituents is 1. The molecule has 0 aliphatic heterocycles. The van der Waals surface area contributed by atoms with E-state index in [2.05, 4.69) is 5.32 Å². The summed E-state index contributed by atoms with van der Waals surface area (Å²) in [7, 11) is 1.52. The van der Waals surface area contributed by atoms with Crippen molar-refractivity contribution in [1.29, 1.82) is 0 Å². The Bertz CT molecular complexity index is 850. The lowest BCUT2D eigenvalue weighted by molar-refractivity contribution is -0.384. The van der Waals surface area contributed by atoms with Crippen LogP contribution in [0.15, 0.2) is 42.5 Å². The number of hydrogen-bond acceptors (Lipinski definition) is 7. The van der Waals surface area contributed by atoms with Gasteiger partial charge < -0.3 is 19.5 Å². The van der Waals surface area contributed by atoms with Crippen molar-refractivity contribution in [2.45, 2.75) is 13.5 Å². The van der Waals surface area contributed by atoms with Crippen molar-refractivity contribution in [1.82, 2.24) is 0 Å². The summed E-state index contributed by atoms with van der Waals surface area (Å²) < 4.78 is 15.6. The quantitative estimate of drug-likeness (QED) is 0.399. The topological polar surface area (TPSA) is 117 Å². The van der Waals surface area contributed by atoms with Crippen LogP contribution in [0.2, 0.25) is 0 Å². The van der Waals surface area contributed by atoms with E-state index in [9.17, 15) is 19.7 Å². The first-order valence-corrected chi connectivity index (χ1v) is 8.40. The van der Waals surface area contributed by atoms with Gasteiger partial charge in [-0.25, -0.2) is 4.79 Å². The van der Waals surface area contributed by atoms with E-state index in [-0.39, 0.29) is 17.9 Å². The Balaban J connectivity index is 1.93. The van der Waals surface area contributed by atoms with Gasteiger partial charge in [0.2, 0.25) is 0 Å². The summed E-state index contributed by atoms with van der Waals surface area (Å²) in [6, 6.07) is 10.1. The number of non-ortho nitro benzene ring substituents is 1. The molecule has 0 spiro atoms. The third kappa shape index (κ3) is 5.78. The second-order valence-electron chi connectivity index (χ2n) is 5.59. The van der Waals surface area contributed by atoms with Gasteiger partial charge in [-0.3, -0.25) is 14.9 Å². The van der Waals surface area contributed by atoms with Gasteiger partial charge in [-0.2, -0.15) is 0 Å². The number of nitrogens with one attached hydrogen (secondary N) is 1. The first kappa shape index (κ1) is 20.8. The molecule has 2 aromatic rings. The summed E-state index contributed by atoms with van der Waals surface area (Å²) in [4.78, 5) is 34.2. The number of hydrogen-bond donors (Lipinski definition) is 1. The van der Waals surface area contributed by atoms with Crippen LogP contribution in [-0.2, 0) is 20.9 Å². The van der Waals surface area contributed by atoms with Gasteiger partial charge >= 0.3 is 5.97 Å². The minimum atomic E-state index is -0.667. The molecule has 0 heterocycles. The summed E-state index contributed by atoms with van der Waals surface area (Å²) in [5.74, 6) is -0.648. The molecule has 0 saturated heterocycles. The molecule has 28 heavy (non-hydrogen) atoms. The van der Waals surface area contributed by atoms with Crippen LogP contribution in [0.5, 0.6) is 5.75 Å². The number of benzene rings is 2. The number of rotatable bonds is 9. The van der Waals surface area contributed by atoms with E-state index in [1.807, 2.05) is 6.92 Å². The maximum atomic E-state index is 12.2. The normalized spacial score (nSPS) is 10.2. The van der Waals surface area contributed by atoms with E-state index in [0.29, 0.717) is 23.6 Å². The molecule has 0 fully saturated rings. The standard InChI is InChI=1S/C19H20N2O7/c1-3-27-11-14-10-13(4-9-17(14)26-2)19(23)28-12-18(22)20-15-5-7-16(8-6-15)21(24)25/h4-10H,3,11-12H2,1-2H3,(H,20,22). The van der Waals surface area contributed by atoms with Crippen molar-refractivity contribution in [2.24, 2.45) is 0 Å². The minimum absolute atomic E-state index is 0.0909. The Kier molecular flexibility index (Phi) is 7.46. The molecule has 1 amide bonds. The Morgan fingerprint density at radius 2 is 1.86 bits per heavy atom. The van der Waals surface area contributed by atoms with Crippen LogP contribution in [0.4, 0.5) is 11.4 Å². The summed E-state index contributed by atoms with van der Waals surface area (Å²) in [6.45, 7) is 2.15. The maximum Gasteiger partial charge on any atom is 0.338 e. The number of ether oxygens (including phenoxy) is 3. The molecule has 0 saturated carbocycles. The Labute approximate surface area is 161 Å². The van der Waals surface area contributed by atoms with E-state index in [4.69, 9.17) is 14.2 Å². The molecule has 0 aromatic heterocycles. The second-order valence-corrected chi connectivity index (χ2v) is 5.59. The van der Waals surface area contributed by atoms with Crippen molar-refractivity contribution in [3.8, 4) is 5.75 Å². The Morgan fingerprint density at radius 1 is 1.14 bits per heavy atom. The third-order valence-electron chi connectivity index (χ3n) is 3.67. The molecular formula is C19H20N2O7. The van der Waals surface area contributed by atoms with E-state index in [1.165, 1.54) is 37.4 Å². The van der Waals surface area contributed by atoms with Gasteiger partial charge in [-0.05, 0) is 37.3 Å². The van der Waals surface area contributed by atoms with Crippen LogP contribution in [0, 0.1) is 10.1 Å². The first-order valence-electron chi connectivity index (χ1n) is 8.40. The van der Waals surface area contributed by atoms with Crippen molar-refractivity contribution in [3.63, 3.8) is 0 Å². The molecule has 9 heteroatoms. The second kappa shape index (κ2) is 10.0. The Morgan fingerprint density at radius 3 is 2.46 bits per heavy atom. The molecule has 0 bridgehead atoms. The highest BCUT2D eigenvalue weighted by Gasteiger charge is 2.14. The summed E-state index contributed by atoms with van der Waals surface area (Å²) >= 11 is 0. The number of nitro groups is 1. The van der Waals surface area contributed by atoms with Crippen LogP contribution < -0.4 is 10.1 Å². The zero-order valence-corrected chi connectivity index (χ0v) is 15.5. The summed E-state index contributed by atoms with van der Waals surface area (Å²) in [5.41, 5.74) is 1.22. The average Bonchev–Trinajstić information content (AvgIpc) is 2.70. The van der Waals surface area contributed by atoms with Crippen molar-refractivity contribution >= 4 is 23.3 Å². The number of carbonyl (C=O) groups is 2. The monoisotopic (exact) mass is 388 g/mol. The number of amides is 1. The minimum Gasteiger partial charge on any atom is -0.496 e. The first-order chi connectivity index (χ1) is 13.4. The molecule has 1 N–H and O–H groups in total. The lowest BCUT2D eigenvalue weighted by Gasteiger charge is -2.11. The average molecular weight is 388 g/mol. The lowest BCUT2D eigenvalue weighted by Crippen LogP contribution is -2.21. The fourth-order valence-electron chi connectivity index (χ4n) is 2.31. The fourth-order valence-corrected chi connectivity index (χ4v) is 2.31. The number of anilines is 1. The number of carbonyl (C=O) groups excluding carboxylic acids is 2. The predicted octanol–water partition coefficient (Wildman–Crippen LogP) is 2.94. The van der Waals surface area contributed by atoms with Gasteiger partial charge in [0.15, 0.2) is 6.61 Å². The number of methoxy groups -OCH3 is 1. The molecule has 0 unspecified atom stereocenters. The number of esters is 1. The van der Waals surface area contributed by atoms with Crippen molar-refractivity contribution < 1.29 is 28.7 Å².